The Morgan fingerprint density at radius 2 is 1.47 bits per heavy atom. The summed E-state index contributed by atoms with van der Waals surface area (Å²) < 4.78 is 5.21. The average molecular weight is 256 g/mol. The van der Waals surface area contributed by atoms with Gasteiger partial charge in [0, 0.05) is 17.4 Å². The minimum absolute atomic E-state index is 0.594. The first kappa shape index (κ1) is 12.9. The minimum Gasteiger partial charge on any atom is -0.494 e. The quantitative estimate of drug-likeness (QED) is 0.650. The molecular formula is C14H16N4O. The van der Waals surface area contributed by atoms with E-state index in [9.17, 15) is 0 Å². The van der Waals surface area contributed by atoms with Crippen LogP contribution in [-0.2, 0) is 0 Å². The number of hydrogen-bond donors (Lipinski definition) is 2. The van der Waals surface area contributed by atoms with E-state index in [4.69, 9.17) is 16.2 Å². The molecule has 0 aliphatic carbocycles. The zero-order chi connectivity index (χ0) is 13.8. The molecule has 0 fully saturated rings. The Morgan fingerprint density at radius 3 is 2.11 bits per heavy atom. The van der Waals surface area contributed by atoms with Crippen molar-refractivity contribution >= 4 is 22.7 Å². The van der Waals surface area contributed by atoms with Gasteiger partial charge in [-0.2, -0.15) is 5.11 Å². The van der Waals surface area contributed by atoms with E-state index in [2.05, 4.69) is 10.2 Å². The van der Waals surface area contributed by atoms with Crippen molar-refractivity contribution in [2.75, 3.05) is 18.6 Å². The Labute approximate surface area is 111 Å². The van der Waals surface area contributed by atoms with Gasteiger partial charge in [0.25, 0.3) is 0 Å². The lowest BCUT2D eigenvalue weighted by molar-refractivity contribution is 0.416. The minimum atomic E-state index is 0.594. The van der Waals surface area contributed by atoms with E-state index >= 15 is 0 Å². The molecule has 0 saturated heterocycles. The maximum atomic E-state index is 5.69. The fourth-order valence-electron chi connectivity index (χ4n) is 1.68. The fourth-order valence-corrected chi connectivity index (χ4v) is 1.68. The number of benzene rings is 2. The summed E-state index contributed by atoms with van der Waals surface area (Å²) in [5.74, 6) is 0.594. The van der Waals surface area contributed by atoms with Crippen LogP contribution in [0.25, 0.3) is 0 Å². The lowest BCUT2D eigenvalue weighted by Gasteiger charge is -2.04. The molecule has 0 unspecified atom stereocenters. The maximum absolute atomic E-state index is 5.69. The molecule has 0 aliphatic heterocycles. The predicted octanol–water partition coefficient (Wildman–Crippen LogP) is 3.58. The third-order valence-corrected chi connectivity index (χ3v) is 2.69. The Kier molecular flexibility index (Phi) is 3.66. The zero-order valence-electron chi connectivity index (χ0n) is 10.9. The monoisotopic (exact) mass is 256 g/mol. The van der Waals surface area contributed by atoms with Gasteiger partial charge in [-0.3, -0.25) is 0 Å². The van der Waals surface area contributed by atoms with Gasteiger partial charge in [-0.25, -0.2) is 0 Å². The number of aryl methyl sites for hydroxylation is 1. The summed E-state index contributed by atoms with van der Waals surface area (Å²) in [6.45, 7) is 1.94. The molecule has 0 aromatic heterocycles. The molecule has 0 bridgehead atoms. The van der Waals surface area contributed by atoms with Crippen LogP contribution in [0.1, 0.15) is 5.56 Å². The van der Waals surface area contributed by atoms with Crippen LogP contribution < -0.4 is 16.2 Å². The Balaban J connectivity index is 2.32. The van der Waals surface area contributed by atoms with Crippen LogP contribution in [0.5, 0.6) is 5.75 Å². The van der Waals surface area contributed by atoms with Crippen molar-refractivity contribution in [2.24, 2.45) is 10.2 Å². The highest BCUT2D eigenvalue weighted by atomic mass is 16.5. The van der Waals surface area contributed by atoms with Gasteiger partial charge in [-0.15, -0.1) is 5.11 Å². The topological polar surface area (TPSA) is 86.0 Å². The first-order valence-corrected chi connectivity index (χ1v) is 5.81. The van der Waals surface area contributed by atoms with Gasteiger partial charge in [0.15, 0.2) is 0 Å². The summed E-state index contributed by atoms with van der Waals surface area (Å²) in [7, 11) is 1.57. The van der Waals surface area contributed by atoms with Gasteiger partial charge in [-0.05, 0) is 42.8 Å². The summed E-state index contributed by atoms with van der Waals surface area (Å²) in [6, 6.07) is 10.7. The third kappa shape index (κ3) is 3.01. The Morgan fingerprint density at radius 1 is 0.895 bits per heavy atom. The van der Waals surface area contributed by atoms with Crippen LogP contribution in [0.2, 0.25) is 0 Å². The zero-order valence-corrected chi connectivity index (χ0v) is 10.9. The van der Waals surface area contributed by atoms with Crippen molar-refractivity contribution in [3.63, 3.8) is 0 Å². The fraction of sp³-hybridized carbons (Fsp3) is 0.143. The predicted molar refractivity (Wildman–Crippen MR) is 77.2 cm³/mol. The molecule has 98 valence electrons. The number of ether oxygens (including phenoxy) is 1. The van der Waals surface area contributed by atoms with E-state index in [0.717, 1.165) is 11.3 Å². The van der Waals surface area contributed by atoms with Crippen molar-refractivity contribution in [3.05, 3.63) is 42.0 Å². The van der Waals surface area contributed by atoms with E-state index in [-0.39, 0.29) is 0 Å². The first-order chi connectivity index (χ1) is 9.10. The van der Waals surface area contributed by atoms with Gasteiger partial charge in [0.2, 0.25) is 0 Å². The summed E-state index contributed by atoms with van der Waals surface area (Å²) in [4.78, 5) is 0. The molecule has 2 aromatic carbocycles. The molecule has 0 amide bonds. The van der Waals surface area contributed by atoms with Crippen LogP contribution in [0, 0.1) is 6.92 Å². The standard InChI is InChI=1S/C14H16N4O/c1-9-7-10(15)3-5-12(9)17-18-13-6-4-11(16)8-14(13)19-2/h3-8H,15-16H2,1-2H3. The number of rotatable bonds is 3. The number of hydrogen-bond acceptors (Lipinski definition) is 5. The number of azo groups is 1. The van der Waals surface area contributed by atoms with Crippen molar-refractivity contribution < 1.29 is 4.74 Å². The number of nitrogen functional groups attached to an aromatic ring is 2. The highest BCUT2D eigenvalue weighted by molar-refractivity contribution is 5.59. The van der Waals surface area contributed by atoms with Crippen molar-refractivity contribution in [2.45, 2.75) is 6.92 Å². The molecule has 5 nitrogen and oxygen atoms in total. The lowest BCUT2D eigenvalue weighted by atomic mass is 10.2. The van der Waals surface area contributed by atoms with Crippen LogP contribution >= 0.6 is 0 Å². The second-order valence-electron chi connectivity index (χ2n) is 4.18. The van der Waals surface area contributed by atoms with E-state index in [1.165, 1.54) is 0 Å². The second kappa shape index (κ2) is 5.39. The van der Waals surface area contributed by atoms with Gasteiger partial charge in [0.05, 0.1) is 12.8 Å². The molecule has 2 rings (SSSR count). The molecular weight excluding hydrogens is 240 g/mol. The highest BCUT2D eigenvalue weighted by Gasteiger charge is 2.03. The third-order valence-electron chi connectivity index (χ3n) is 2.69. The van der Waals surface area contributed by atoms with Crippen molar-refractivity contribution in [1.82, 2.24) is 0 Å². The number of nitrogens with two attached hydrogens (primary N) is 2. The maximum Gasteiger partial charge on any atom is 0.148 e. The van der Waals surface area contributed by atoms with E-state index < -0.39 is 0 Å². The normalized spacial score (nSPS) is 10.8. The molecule has 4 N–H and O–H groups in total. The van der Waals surface area contributed by atoms with Crippen LogP contribution in [-0.4, -0.2) is 7.11 Å². The molecule has 0 radical (unpaired) electrons. The summed E-state index contributed by atoms with van der Waals surface area (Å²) in [5, 5.41) is 8.39. The smallest absolute Gasteiger partial charge is 0.148 e. The molecule has 0 spiro atoms. The highest BCUT2D eigenvalue weighted by Crippen LogP contribution is 2.31. The average Bonchev–Trinajstić information content (AvgIpc) is 2.39. The molecule has 0 aliphatic rings. The molecule has 19 heavy (non-hydrogen) atoms. The summed E-state index contributed by atoms with van der Waals surface area (Å²) in [6.07, 6.45) is 0. The van der Waals surface area contributed by atoms with Gasteiger partial charge < -0.3 is 16.2 Å². The molecule has 0 atom stereocenters. The number of nitrogens with zero attached hydrogens (tertiary/aromatic N) is 2. The second-order valence-corrected chi connectivity index (χ2v) is 4.18. The Bertz CT molecular complexity index is 623. The van der Waals surface area contributed by atoms with Gasteiger partial charge in [0.1, 0.15) is 11.4 Å². The van der Waals surface area contributed by atoms with Crippen LogP contribution in [0.3, 0.4) is 0 Å². The van der Waals surface area contributed by atoms with Gasteiger partial charge >= 0.3 is 0 Å². The summed E-state index contributed by atoms with van der Waals surface area (Å²) >= 11 is 0. The molecule has 2 aromatic rings. The van der Waals surface area contributed by atoms with E-state index in [1.807, 2.05) is 19.1 Å². The van der Waals surface area contributed by atoms with Crippen molar-refractivity contribution in [3.8, 4) is 5.75 Å². The number of methoxy groups -OCH3 is 1. The van der Waals surface area contributed by atoms with Gasteiger partial charge in [-0.1, -0.05) is 0 Å². The van der Waals surface area contributed by atoms with E-state index in [1.54, 1.807) is 31.4 Å². The molecule has 0 saturated carbocycles. The van der Waals surface area contributed by atoms with Crippen LogP contribution in [0.15, 0.2) is 46.6 Å². The van der Waals surface area contributed by atoms with E-state index in [0.29, 0.717) is 22.8 Å². The molecule has 0 heterocycles. The van der Waals surface area contributed by atoms with Crippen LogP contribution in [0.4, 0.5) is 22.7 Å². The SMILES string of the molecule is COc1cc(N)ccc1N=Nc1ccc(N)cc1C. The Hall–Kier alpha value is -2.56. The first-order valence-electron chi connectivity index (χ1n) is 5.81. The summed E-state index contributed by atoms with van der Waals surface area (Å²) in [5.41, 5.74) is 15.1. The van der Waals surface area contributed by atoms with Crippen molar-refractivity contribution in [1.29, 1.82) is 0 Å². The largest absolute Gasteiger partial charge is 0.494 e. The molecule has 5 heteroatoms. The lowest BCUT2D eigenvalue weighted by Crippen LogP contribution is -1.88. The number of anilines is 2.